The second-order valence-electron chi connectivity index (χ2n) is 4.46. The number of carbonyl (C=O) groups excluding carboxylic acids is 1. The molecule has 3 rings (SSSR count). The van der Waals surface area contributed by atoms with E-state index in [4.69, 9.17) is 0 Å². The van der Waals surface area contributed by atoms with Crippen molar-refractivity contribution in [2.24, 2.45) is 0 Å². The predicted octanol–water partition coefficient (Wildman–Crippen LogP) is 1.97. The van der Waals surface area contributed by atoms with Gasteiger partial charge in [-0.2, -0.15) is 0 Å². The van der Waals surface area contributed by atoms with E-state index >= 15 is 0 Å². The van der Waals surface area contributed by atoms with E-state index in [9.17, 15) is 14.9 Å². The van der Waals surface area contributed by atoms with Crippen molar-refractivity contribution < 1.29 is 9.72 Å². The van der Waals surface area contributed by atoms with E-state index in [1.165, 1.54) is 12.1 Å². The average molecular weight is 269 g/mol. The number of non-ortho nitro benzene ring substituents is 1. The van der Waals surface area contributed by atoms with Crippen LogP contribution in [0.3, 0.4) is 0 Å². The molecule has 0 radical (unpaired) electrons. The lowest BCUT2D eigenvalue weighted by Gasteiger charge is -2.11. The molecule has 1 atom stereocenters. The maximum Gasteiger partial charge on any atom is 0.270 e. The number of nitrogens with zero attached hydrogens (tertiary/aromatic N) is 1. The van der Waals surface area contributed by atoms with Crippen molar-refractivity contribution >= 4 is 22.9 Å². The van der Waals surface area contributed by atoms with Crippen LogP contribution < -0.4 is 10.6 Å². The Balaban J connectivity index is 2.02. The molecule has 1 aromatic carbocycles. The number of dihydropyridines is 1. The first kappa shape index (κ1) is 12.2. The van der Waals surface area contributed by atoms with E-state index in [-0.39, 0.29) is 17.6 Å². The summed E-state index contributed by atoms with van der Waals surface area (Å²) in [5.74, 6) is -0.245. The zero-order chi connectivity index (χ0) is 14.1. The number of nitro groups is 1. The number of anilines is 1. The van der Waals surface area contributed by atoms with Crippen molar-refractivity contribution in [3.8, 4) is 0 Å². The molecule has 1 unspecified atom stereocenters. The highest BCUT2D eigenvalue weighted by atomic mass is 16.6. The molecule has 2 N–H and O–H groups in total. The number of amides is 1. The number of hydrogen-bond acceptors (Lipinski definition) is 4. The number of fused-ring (bicyclic) bond motifs is 1. The van der Waals surface area contributed by atoms with E-state index in [2.05, 4.69) is 10.6 Å². The fourth-order valence-electron chi connectivity index (χ4n) is 2.20. The second kappa shape index (κ2) is 4.65. The lowest BCUT2D eigenvalue weighted by atomic mass is 10.0. The number of carbonyl (C=O) groups is 1. The highest BCUT2D eigenvalue weighted by molar-refractivity contribution is 6.31. The van der Waals surface area contributed by atoms with Crippen molar-refractivity contribution in [3.05, 3.63) is 64.4 Å². The predicted molar refractivity (Wildman–Crippen MR) is 74.9 cm³/mol. The van der Waals surface area contributed by atoms with Gasteiger partial charge in [-0.3, -0.25) is 14.9 Å². The van der Waals surface area contributed by atoms with Gasteiger partial charge >= 0.3 is 0 Å². The Hall–Kier alpha value is -2.89. The molecule has 6 heteroatoms. The van der Waals surface area contributed by atoms with E-state index in [1.807, 2.05) is 18.2 Å². The molecule has 20 heavy (non-hydrogen) atoms. The quantitative estimate of drug-likeness (QED) is 0.488. The summed E-state index contributed by atoms with van der Waals surface area (Å²) >= 11 is 0. The standard InChI is InChI=1S/C14H11N3O3/c18-14-12(7-9-3-1-2-6-15-9)11-8-10(17(19)20)4-5-13(11)16-14/h1-9,15H,(H,16,18)/b12-7+. The van der Waals surface area contributed by atoms with Crippen molar-refractivity contribution in [2.75, 3.05) is 5.32 Å². The molecule has 0 bridgehead atoms. The summed E-state index contributed by atoms with van der Waals surface area (Å²) in [4.78, 5) is 22.3. The highest BCUT2D eigenvalue weighted by Crippen LogP contribution is 2.34. The molecule has 1 aromatic rings. The third kappa shape index (κ3) is 2.07. The molecule has 100 valence electrons. The van der Waals surface area contributed by atoms with Crippen molar-refractivity contribution in [1.82, 2.24) is 5.32 Å². The van der Waals surface area contributed by atoms with E-state index < -0.39 is 4.92 Å². The number of rotatable bonds is 2. The van der Waals surface area contributed by atoms with Gasteiger partial charge in [-0.05, 0) is 24.4 Å². The summed E-state index contributed by atoms with van der Waals surface area (Å²) in [6.07, 6.45) is 9.16. The Kier molecular flexibility index (Phi) is 2.83. The zero-order valence-corrected chi connectivity index (χ0v) is 10.4. The molecule has 2 aliphatic rings. The maximum absolute atomic E-state index is 12.0. The summed E-state index contributed by atoms with van der Waals surface area (Å²) in [5.41, 5.74) is 1.58. The Morgan fingerprint density at radius 2 is 2.15 bits per heavy atom. The molecule has 0 spiro atoms. The molecule has 6 nitrogen and oxygen atoms in total. The molecule has 0 aromatic heterocycles. The molecule has 1 amide bonds. The largest absolute Gasteiger partial charge is 0.381 e. The molecule has 0 saturated heterocycles. The first-order valence-electron chi connectivity index (χ1n) is 6.06. The van der Waals surface area contributed by atoms with E-state index in [0.29, 0.717) is 16.8 Å². The van der Waals surface area contributed by atoms with Crippen LogP contribution in [0, 0.1) is 10.1 Å². The van der Waals surface area contributed by atoms with Gasteiger partial charge in [0.15, 0.2) is 0 Å². The summed E-state index contributed by atoms with van der Waals surface area (Å²) in [7, 11) is 0. The van der Waals surface area contributed by atoms with Crippen molar-refractivity contribution in [2.45, 2.75) is 6.04 Å². The minimum Gasteiger partial charge on any atom is -0.381 e. The Labute approximate surface area is 114 Å². The van der Waals surface area contributed by atoms with Gasteiger partial charge in [0, 0.05) is 29.0 Å². The Bertz CT molecular complexity index is 689. The smallest absolute Gasteiger partial charge is 0.270 e. The van der Waals surface area contributed by atoms with Gasteiger partial charge in [-0.15, -0.1) is 0 Å². The highest BCUT2D eigenvalue weighted by Gasteiger charge is 2.26. The third-order valence-electron chi connectivity index (χ3n) is 3.16. The van der Waals surface area contributed by atoms with Gasteiger partial charge in [0.05, 0.1) is 11.0 Å². The normalized spacial score (nSPS) is 21.5. The first-order valence-corrected chi connectivity index (χ1v) is 6.06. The topological polar surface area (TPSA) is 84.3 Å². The monoisotopic (exact) mass is 269 g/mol. The second-order valence-corrected chi connectivity index (χ2v) is 4.46. The van der Waals surface area contributed by atoms with Crippen molar-refractivity contribution in [1.29, 1.82) is 0 Å². The Morgan fingerprint density at radius 3 is 2.85 bits per heavy atom. The molecule has 0 saturated carbocycles. The van der Waals surface area contributed by atoms with Crippen LogP contribution in [0.4, 0.5) is 11.4 Å². The minimum atomic E-state index is -0.470. The molecule has 2 heterocycles. The fourth-order valence-corrected chi connectivity index (χ4v) is 2.20. The summed E-state index contributed by atoms with van der Waals surface area (Å²) in [6, 6.07) is 4.24. The number of benzene rings is 1. The van der Waals surface area contributed by atoms with E-state index in [0.717, 1.165) is 0 Å². The molecular formula is C14H11N3O3. The van der Waals surface area contributed by atoms with Crippen LogP contribution in [0.5, 0.6) is 0 Å². The van der Waals surface area contributed by atoms with Crippen LogP contribution in [0.2, 0.25) is 0 Å². The fraction of sp³-hybridized carbons (Fsp3) is 0.0714. The summed E-state index contributed by atoms with van der Waals surface area (Å²) in [6.45, 7) is 0. The molecule has 0 fully saturated rings. The molecule has 2 aliphatic heterocycles. The lowest BCUT2D eigenvalue weighted by molar-refractivity contribution is -0.384. The van der Waals surface area contributed by atoms with Crippen LogP contribution in [0.25, 0.3) is 5.57 Å². The van der Waals surface area contributed by atoms with Gasteiger partial charge in [0.25, 0.3) is 11.6 Å². The van der Waals surface area contributed by atoms with E-state index in [1.54, 1.807) is 18.3 Å². The van der Waals surface area contributed by atoms with Gasteiger partial charge in [0.2, 0.25) is 0 Å². The van der Waals surface area contributed by atoms with Gasteiger partial charge in [-0.1, -0.05) is 12.2 Å². The van der Waals surface area contributed by atoms with Gasteiger partial charge < -0.3 is 10.6 Å². The lowest BCUT2D eigenvalue weighted by Crippen LogP contribution is -2.22. The molecular weight excluding hydrogens is 258 g/mol. The summed E-state index contributed by atoms with van der Waals surface area (Å²) in [5, 5.41) is 16.6. The Morgan fingerprint density at radius 1 is 1.30 bits per heavy atom. The van der Waals surface area contributed by atoms with Crippen LogP contribution in [-0.2, 0) is 4.79 Å². The van der Waals surface area contributed by atoms with Gasteiger partial charge in [-0.25, -0.2) is 0 Å². The number of allylic oxidation sites excluding steroid dienone is 2. The summed E-state index contributed by atoms with van der Waals surface area (Å²) < 4.78 is 0. The number of nitrogens with one attached hydrogen (secondary N) is 2. The third-order valence-corrected chi connectivity index (χ3v) is 3.16. The van der Waals surface area contributed by atoms with Crippen LogP contribution in [0.1, 0.15) is 5.56 Å². The minimum absolute atomic E-state index is 0.0295. The molecule has 0 aliphatic carbocycles. The zero-order valence-electron chi connectivity index (χ0n) is 10.4. The average Bonchev–Trinajstić information content (AvgIpc) is 2.75. The maximum atomic E-state index is 12.0. The SMILES string of the molecule is O=C1Nc2ccc([N+](=O)[O-])cc2/C1=C\C1C=CC=CN1. The van der Waals surface area contributed by atoms with Crippen LogP contribution in [-0.4, -0.2) is 16.9 Å². The van der Waals surface area contributed by atoms with Crippen LogP contribution >= 0.6 is 0 Å². The van der Waals surface area contributed by atoms with Crippen molar-refractivity contribution in [3.63, 3.8) is 0 Å². The number of nitro benzene ring substituents is 1. The van der Waals surface area contributed by atoms with Crippen LogP contribution in [0.15, 0.2) is 48.7 Å². The number of hydrogen-bond donors (Lipinski definition) is 2. The van der Waals surface area contributed by atoms with Gasteiger partial charge in [0.1, 0.15) is 0 Å². The first-order chi connectivity index (χ1) is 9.65.